The molecule has 6 nitrogen and oxygen atoms in total. The number of carboxylic acid groups (broad SMARTS) is 1. The third-order valence-corrected chi connectivity index (χ3v) is 3.86. The lowest BCUT2D eigenvalue weighted by molar-refractivity contribution is -0.144. The second kappa shape index (κ2) is 3.81. The van der Waals surface area contributed by atoms with Gasteiger partial charge in [-0.05, 0) is 24.0 Å². The number of fused-ring (bicyclic) bond motifs is 1. The standard InChI is InChI=1S/C13H12N2O4/c16-10(17)9-8-4-2-1-3-7(8)5-6-13(9)11(18)14-12(19)15-13/h1-4,9H,5-6H2,(H,16,17)(H2,14,15,18,19). The molecule has 1 aromatic rings. The van der Waals surface area contributed by atoms with Crippen LogP contribution in [0.25, 0.3) is 0 Å². The summed E-state index contributed by atoms with van der Waals surface area (Å²) < 4.78 is 0. The second-order valence-corrected chi connectivity index (χ2v) is 4.85. The number of imide groups is 1. The monoisotopic (exact) mass is 260 g/mol. The zero-order valence-corrected chi connectivity index (χ0v) is 9.97. The molecule has 2 unspecified atom stereocenters. The van der Waals surface area contributed by atoms with Crippen LogP contribution in [0.2, 0.25) is 0 Å². The number of carboxylic acids is 1. The Morgan fingerprint density at radius 1 is 1.32 bits per heavy atom. The predicted octanol–water partition coefficient (Wildman–Crippen LogP) is 0.379. The van der Waals surface area contributed by atoms with E-state index >= 15 is 0 Å². The zero-order valence-electron chi connectivity index (χ0n) is 9.97. The Morgan fingerprint density at radius 3 is 2.68 bits per heavy atom. The average Bonchev–Trinajstić information content (AvgIpc) is 2.64. The van der Waals surface area contributed by atoms with E-state index in [0.29, 0.717) is 18.4 Å². The summed E-state index contributed by atoms with van der Waals surface area (Å²) in [5.74, 6) is -2.71. The molecule has 1 fully saturated rings. The van der Waals surface area contributed by atoms with E-state index in [2.05, 4.69) is 10.6 Å². The number of hydrogen-bond donors (Lipinski definition) is 3. The summed E-state index contributed by atoms with van der Waals surface area (Å²) in [6.07, 6.45) is 0.853. The molecule has 1 spiro atoms. The third kappa shape index (κ3) is 1.53. The quantitative estimate of drug-likeness (QED) is 0.636. The second-order valence-electron chi connectivity index (χ2n) is 4.85. The van der Waals surface area contributed by atoms with Gasteiger partial charge in [0.05, 0.1) is 0 Å². The Kier molecular flexibility index (Phi) is 2.35. The van der Waals surface area contributed by atoms with Crippen LogP contribution < -0.4 is 10.6 Å². The number of carbonyl (C=O) groups is 3. The van der Waals surface area contributed by atoms with Gasteiger partial charge in [-0.25, -0.2) is 4.79 Å². The molecule has 1 aromatic carbocycles. The molecule has 1 aliphatic carbocycles. The van der Waals surface area contributed by atoms with Crippen LogP contribution in [-0.4, -0.2) is 28.6 Å². The van der Waals surface area contributed by atoms with Crippen LogP contribution in [0.4, 0.5) is 4.79 Å². The van der Waals surface area contributed by atoms with Gasteiger partial charge >= 0.3 is 12.0 Å². The summed E-state index contributed by atoms with van der Waals surface area (Å²) in [5.41, 5.74) is 0.144. The lowest BCUT2D eigenvalue weighted by Crippen LogP contribution is -2.56. The summed E-state index contributed by atoms with van der Waals surface area (Å²) in [6.45, 7) is 0. The van der Waals surface area contributed by atoms with Crippen molar-refractivity contribution in [2.75, 3.05) is 0 Å². The number of carbonyl (C=O) groups excluding carboxylic acids is 2. The van der Waals surface area contributed by atoms with Crippen molar-refractivity contribution in [1.82, 2.24) is 10.6 Å². The third-order valence-electron chi connectivity index (χ3n) is 3.86. The van der Waals surface area contributed by atoms with Gasteiger partial charge in [-0.3, -0.25) is 14.9 Å². The summed E-state index contributed by atoms with van der Waals surface area (Å²) in [6, 6.07) is 6.50. The normalized spacial score (nSPS) is 28.7. The number of urea groups is 1. The molecule has 1 heterocycles. The highest BCUT2D eigenvalue weighted by Gasteiger charge is 2.57. The van der Waals surface area contributed by atoms with Gasteiger partial charge in [-0.2, -0.15) is 0 Å². The topological polar surface area (TPSA) is 95.5 Å². The molecule has 0 bridgehead atoms. The van der Waals surface area contributed by atoms with Crippen molar-refractivity contribution in [3.8, 4) is 0 Å². The smallest absolute Gasteiger partial charge is 0.322 e. The molecule has 19 heavy (non-hydrogen) atoms. The van der Waals surface area contributed by atoms with Crippen molar-refractivity contribution < 1.29 is 19.5 Å². The maximum absolute atomic E-state index is 12.0. The number of aliphatic carboxylic acids is 1. The molecule has 98 valence electrons. The van der Waals surface area contributed by atoms with Gasteiger partial charge in [-0.15, -0.1) is 0 Å². The lowest BCUT2D eigenvalue weighted by Gasteiger charge is -2.37. The molecule has 1 aliphatic heterocycles. The lowest BCUT2D eigenvalue weighted by atomic mass is 9.69. The first-order chi connectivity index (χ1) is 9.04. The van der Waals surface area contributed by atoms with Gasteiger partial charge in [0.25, 0.3) is 5.91 Å². The van der Waals surface area contributed by atoms with Crippen molar-refractivity contribution >= 4 is 17.9 Å². The van der Waals surface area contributed by atoms with Crippen LogP contribution in [0.3, 0.4) is 0 Å². The van der Waals surface area contributed by atoms with Crippen molar-refractivity contribution in [3.63, 3.8) is 0 Å². The van der Waals surface area contributed by atoms with Crippen LogP contribution >= 0.6 is 0 Å². The average molecular weight is 260 g/mol. The summed E-state index contributed by atoms with van der Waals surface area (Å²) in [7, 11) is 0. The van der Waals surface area contributed by atoms with Crippen LogP contribution in [0.15, 0.2) is 24.3 Å². The number of hydrogen-bond acceptors (Lipinski definition) is 3. The first kappa shape index (κ1) is 11.7. The van der Waals surface area contributed by atoms with Gasteiger partial charge in [0.15, 0.2) is 0 Å². The Labute approximate surface area is 108 Å². The van der Waals surface area contributed by atoms with E-state index in [1.807, 2.05) is 12.1 Å². The Bertz CT molecular complexity index is 598. The fraction of sp³-hybridized carbons (Fsp3) is 0.308. The number of amides is 3. The van der Waals surface area contributed by atoms with Crippen molar-refractivity contribution in [2.24, 2.45) is 0 Å². The Hall–Kier alpha value is -2.37. The summed E-state index contributed by atoms with van der Waals surface area (Å²) in [5, 5.41) is 14.1. The highest BCUT2D eigenvalue weighted by atomic mass is 16.4. The Balaban J connectivity index is 2.16. The zero-order chi connectivity index (χ0) is 13.6. The number of benzene rings is 1. The number of rotatable bonds is 1. The molecular weight excluding hydrogens is 248 g/mol. The maximum Gasteiger partial charge on any atom is 0.322 e. The molecule has 2 atom stereocenters. The highest BCUT2D eigenvalue weighted by Crippen LogP contribution is 2.41. The van der Waals surface area contributed by atoms with E-state index < -0.39 is 29.4 Å². The van der Waals surface area contributed by atoms with E-state index in [1.54, 1.807) is 12.1 Å². The molecular formula is C13H12N2O4. The van der Waals surface area contributed by atoms with Crippen LogP contribution in [0, 0.1) is 0 Å². The summed E-state index contributed by atoms with van der Waals surface area (Å²) in [4.78, 5) is 35.0. The Morgan fingerprint density at radius 2 is 2.05 bits per heavy atom. The predicted molar refractivity (Wildman–Crippen MR) is 64.5 cm³/mol. The van der Waals surface area contributed by atoms with Crippen LogP contribution in [0.1, 0.15) is 23.5 Å². The SMILES string of the molecule is O=C1NC(=O)C2(CCc3ccccc3C2C(=O)O)N1. The van der Waals surface area contributed by atoms with Gasteiger partial charge in [0.2, 0.25) is 0 Å². The van der Waals surface area contributed by atoms with Gasteiger partial charge in [0, 0.05) is 0 Å². The van der Waals surface area contributed by atoms with E-state index in [0.717, 1.165) is 5.56 Å². The molecule has 0 aromatic heterocycles. The van der Waals surface area contributed by atoms with E-state index in [4.69, 9.17) is 0 Å². The van der Waals surface area contributed by atoms with Crippen LogP contribution in [0.5, 0.6) is 0 Å². The first-order valence-corrected chi connectivity index (χ1v) is 5.99. The fourth-order valence-corrected chi connectivity index (χ4v) is 3.01. The minimum atomic E-state index is -1.36. The molecule has 3 rings (SSSR count). The van der Waals surface area contributed by atoms with Gasteiger partial charge in [-0.1, -0.05) is 24.3 Å². The largest absolute Gasteiger partial charge is 0.481 e. The molecule has 3 amide bonds. The van der Waals surface area contributed by atoms with Gasteiger partial charge < -0.3 is 10.4 Å². The van der Waals surface area contributed by atoms with Crippen molar-refractivity contribution in [3.05, 3.63) is 35.4 Å². The highest BCUT2D eigenvalue weighted by molar-refractivity contribution is 6.10. The van der Waals surface area contributed by atoms with E-state index in [1.165, 1.54) is 0 Å². The molecule has 1 saturated heterocycles. The first-order valence-electron chi connectivity index (χ1n) is 5.99. The minimum Gasteiger partial charge on any atom is -0.481 e. The van der Waals surface area contributed by atoms with Crippen molar-refractivity contribution in [2.45, 2.75) is 24.3 Å². The minimum absolute atomic E-state index is 0.290. The fourth-order valence-electron chi connectivity index (χ4n) is 3.01. The maximum atomic E-state index is 12.0. The molecule has 3 N–H and O–H groups in total. The summed E-state index contributed by atoms with van der Waals surface area (Å²) >= 11 is 0. The number of nitrogens with one attached hydrogen (secondary N) is 2. The van der Waals surface area contributed by atoms with E-state index in [9.17, 15) is 19.5 Å². The molecule has 6 heteroatoms. The van der Waals surface area contributed by atoms with Crippen molar-refractivity contribution in [1.29, 1.82) is 0 Å². The molecule has 0 saturated carbocycles. The molecule has 0 radical (unpaired) electrons. The molecule has 2 aliphatic rings. The number of aryl methyl sites for hydroxylation is 1. The van der Waals surface area contributed by atoms with Crippen LogP contribution in [-0.2, 0) is 16.0 Å². The van der Waals surface area contributed by atoms with E-state index in [-0.39, 0.29) is 0 Å². The van der Waals surface area contributed by atoms with Gasteiger partial charge in [0.1, 0.15) is 11.5 Å².